The van der Waals surface area contributed by atoms with E-state index in [4.69, 9.17) is 17.4 Å². The molecule has 0 saturated heterocycles. The van der Waals surface area contributed by atoms with Gasteiger partial charge in [0.2, 0.25) is 0 Å². The largest absolute Gasteiger partial charge is 0.442 e. The number of rotatable bonds is 4. The van der Waals surface area contributed by atoms with Crippen molar-refractivity contribution in [1.82, 2.24) is 0 Å². The third kappa shape index (κ3) is 4.68. The monoisotopic (exact) mass is 344 g/mol. The Balaban J connectivity index is 2.16. The zero-order valence-corrected chi connectivity index (χ0v) is 12.8. The van der Waals surface area contributed by atoms with Crippen LogP contribution in [0.5, 0.6) is 0 Å². The number of hydrazone groups is 1. The molecule has 0 atom stereocenters. The highest BCUT2D eigenvalue weighted by Gasteiger charge is 2.27. The van der Waals surface area contributed by atoms with Crippen molar-refractivity contribution in [3.05, 3.63) is 70.2 Å². The van der Waals surface area contributed by atoms with Gasteiger partial charge in [-0.1, -0.05) is 48.0 Å². The van der Waals surface area contributed by atoms with Crippen LogP contribution in [0, 0.1) is 0 Å². The molecule has 0 spiro atoms. The lowest BCUT2D eigenvalue weighted by Gasteiger charge is -2.08. The lowest BCUT2D eigenvalue weighted by molar-refractivity contribution is -0.0329. The first kappa shape index (κ1) is 16.7. The van der Waals surface area contributed by atoms with Crippen LogP contribution >= 0.6 is 23.4 Å². The zero-order valence-electron chi connectivity index (χ0n) is 11.3. The molecule has 22 heavy (non-hydrogen) atoms. The van der Waals surface area contributed by atoms with Gasteiger partial charge >= 0.3 is 5.51 Å². The Labute approximate surface area is 135 Å². The standard InChI is InChI=1S/C15H12ClF3N2S/c16-13-7-5-12(6-8-13)14(21-20)11-3-1-10(2-4-11)9-22-15(17,18)19/h1-8H,9,20H2. The average molecular weight is 345 g/mol. The molecule has 0 unspecified atom stereocenters. The maximum atomic E-state index is 12.2. The van der Waals surface area contributed by atoms with Crippen LogP contribution in [-0.2, 0) is 5.75 Å². The van der Waals surface area contributed by atoms with Crippen molar-refractivity contribution >= 4 is 29.1 Å². The Morgan fingerprint density at radius 3 is 1.95 bits per heavy atom. The number of hydrogen-bond acceptors (Lipinski definition) is 3. The highest BCUT2D eigenvalue weighted by atomic mass is 35.5. The van der Waals surface area contributed by atoms with Gasteiger partial charge in [0, 0.05) is 21.9 Å². The lowest BCUT2D eigenvalue weighted by atomic mass is 10.0. The van der Waals surface area contributed by atoms with E-state index in [0.29, 0.717) is 16.3 Å². The smallest absolute Gasteiger partial charge is 0.323 e. The Kier molecular flexibility index (Phi) is 5.37. The van der Waals surface area contributed by atoms with E-state index in [9.17, 15) is 13.2 Å². The summed E-state index contributed by atoms with van der Waals surface area (Å²) in [6.07, 6.45) is 0. The molecule has 2 aromatic rings. The van der Waals surface area contributed by atoms with Crippen LogP contribution in [0.1, 0.15) is 16.7 Å². The van der Waals surface area contributed by atoms with Crippen molar-refractivity contribution in [3.8, 4) is 0 Å². The number of nitrogens with zero attached hydrogens (tertiary/aromatic N) is 1. The maximum absolute atomic E-state index is 12.2. The summed E-state index contributed by atoms with van der Waals surface area (Å²) in [7, 11) is 0. The predicted octanol–water partition coefficient (Wildman–Crippen LogP) is 4.80. The highest BCUT2D eigenvalue weighted by Crippen LogP contribution is 2.33. The fraction of sp³-hybridized carbons (Fsp3) is 0.133. The van der Waals surface area contributed by atoms with Crippen LogP contribution in [0.3, 0.4) is 0 Å². The summed E-state index contributed by atoms with van der Waals surface area (Å²) >= 11 is 5.77. The summed E-state index contributed by atoms with van der Waals surface area (Å²) in [6.45, 7) is 0. The molecule has 0 bridgehead atoms. The summed E-state index contributed by atoms with van der Waals surface area (Å²) in [6, 6.07) is 13.7. The summed E-state index contributed by atoms with van der Waals surface area (Å²) in [4.78, 5) is 0. The van der Waals surface area contributed by atoms with E-state index in [1.165, 1.54) is 0 Å². The van der Waals surface area contributed by atoms with Gasteiger partial charge < -0.3 is 5.84 Å². The molecular weight excluding hydrogens is 333 g/mol. The number of nitrogens with two attached hydrogens (primary N) is 1. The zero-order chi connectivity index (χ0) is 16.2. The van der Waals surface area contributed by atoms with E-state index >= 15 is 0 Å². The van der Waals surface area contributed by atoms with Crippen LogP contribution in [0.25, 0.3) is 0 Å². The first-order valence-corrected chi connectivity index (χ1v) is 7.59. The molecular formula is C15H12ClF3N2S. The van der Waals surface area contributed by atoms with Crippen molar-refractivity contribution in [2.24, 2.45) is 10.9 Å². The molecule has 0 heterocycles. The van der Waals surface area contributed by atoms with Gasteiger partial charge in [0.05, 0.1) is 5.71 Å². The first-order chi connectivity index (χ1) is 10.4. The molecule has 2 nitrogen and oxygen atoms in total. The van der Waals surface area contributed by atoms with Crippen molar-refractivity contribution in [2.75, 3.05) is 0 Å². The Morgan fingerprint density at radius 2 is 1.50 bits per heavy atom. The van der Waals surface area contributed by atoms with Crippen LogP contribution in [0.4, 0.5) is 13.2 Å². The van der Waals surface area contributed by atoms with Gasteiger partial charge in [-0.25, -0.2) is 0 Å². The molecule has 2 rings (SSSR count). The maximum Gasteiger partial charge on any atom is 0.442 e. The third-order valence-corrected chi connectivity index (χ3v) is 3.93. The van der Waals surface area contributed by atoms with E-state index in [0.717, 1.165) is 11.1 Å². The molecule has 116 valence electrons. The minimum Gasteiger partial charge on any atom is -0.323 e. The molecule has 0 aliphatic heterocycles. The molecule has 0 radical (unpaired) electrons. The summed E-state index contributed by atoms with van der Waals surface area (Å²) in [5.41, 5.74) is -1.59. The van der Waals surface area contributed by atoms with Crippen molar-refractivity contribution < 1.29 is 13.2 Å². The van der Waals surface area contributed by atoms with Gasteiger partial charge in [0.1, 0.15) is 0 Å². The fourth-order valence-electron chi connectivity index (χ4n) is 1.85. The molecule has 0 aliphatic carbocycles. The van der Waals surface area contributed by atoms with E-state index in [1.807, 2.05) is 0 Å². The second-order valence-corrected chi connectivity index (χ2v) is 5.89. The Morgan fingerprint density at radius 1 is 1.00 bits per heavy atom. The van der Waals surface area contributed by atoms with Gasteiger partial charge in [-0.3, -0.25) is 0 Å². The summed E-state index contributed by atoms with van der Waals surface area (Å²) < 4.78 is 36.5. The SMILES string of the molecule is NN=C(c1ccc(Cl)cc1)c1ccc(CSC(F)(F)F)cc1. The van der Waals surface area contributed by atoms with Crippen LogP contribution in [-0.4, -0.2) is 11.2 Å². The quantitative estimate of drug-likeness (QED) is 0.491. The molecule has 2 aromatic carbocycles. The third-order valence-electron chi connectivity index (χ3n) is 2.88. The van der Waals surface area contributed by atoms with Gasteiger partial charge in [-0.2, -0.15) is 18.3 Å². The topological polar surface area (TPSA) is 38.4 Å². The first-order valence-electron chi connectivity index (χ1n) is 6.23. The van der Waals surface area contributed by atoms with E-state index in [1.54, 1.807) is 48.5 Å². The van der Waals surface area contributed by atoms with Crippen molar-refractivity contribution in [1.29, 1.82) is 0 Å². The van der Waals surface area contributed by atoms with Gasteiger partial charge in [0.25, 0.3) is 0 Å². The van der Waals surface area contributed by atoms with Gasteiger partial charge in [-0.15, -0.1) is 0 Å². The number of alkyl halides is 3. The van der Waals surface area contributed by atoms with Crippen LogP contribution in [0.15, 0.2) is 53.6 Å². The van der Waals surface area contributed by atoms with E-state index in [2.05, 4.69) is 5.10 Å². The van der Waals surface area contributed by atoms with E-state index in [-0.39, 0.29) is 17.5 Å². The lowest BCUT2D eigenvalue weighted by Crippen LogP contribution is -2.06. The normalized spacial score (nSPS) is 12.5. The number of benzene rings is 2. The number of halogens is 4. The van der Waals surface area contributed by atoms with Crippen LogP contribution in [0.2, 0.25) is 5.02 Å². The number of thioether (sulfide) groups is 1. The molecule has 0 fully saturated rings. The number of hydrogen-bond donors (Lipinski definition) is 1. The summed E-state index contributed by atoms with van der Waals surface area (Å²) in [5, 5.41) is 4.36. The fourth-order valence-corrected chi connectivity index (χ4v) is 2.50. The minimum atomic E-state index is -4.23. The second kappa shape index (κ2) is 7.07. The summed E-state index contributed by atoms with van der Waals surface area (Å²) in [5.74, 6) is 5.31. The van der Waals surface area contributed by atoms with Gasteiger partial charge in [-0.05, 0) is 29.5 Å². The van der Waals surface area contributed by atoms with Crippen LogP contribution < -0.4 is 5.84 Å². The van der Waals surface area contributed by atoms with Crippen molar-refractivity contribution in [3.63, 3.8) is 0 Å². The minimum absolute atomic E-state index is 0.0649. The molecule has 0 aliphatic rings. The Hall–Kier alpha value is -1.66. The molecule has 7 heteroatoms. The Bertz CT molecular complexity index is 652. The highest BCUT2D eigenvalue weighted by molar-refractivity contribution is 7.99. The molecule has 0 aromatic heterocycles. The van der Waals surface area contributed by atoms with E-state index < -0.39 is 5.51 Å². The average Bonchev–Trinajstić information content (AvgIpc) is 2.48. The van der Waals surface area contributed by atoms with Gasteiger partial charge in [0.15, 0.2) is 0 Å². The molecule has 0 amide bonds. The molecule has 0 saturated carbocycles. The molecule has 2 N–H and O–H groups in total. The van der Waals surface area contributed by atoms with Crippen molar-refractivity contribution in [2.45, 2.75) is 11.3 Å². The second-order valence-electron chi connectivity index (χ2n) is 4.42. The predicted molar refractivity (Wildman–Crippen MR) is 85.1 cm³/mol.